The maximum absolute atomic E-state index is 11.6. The monoisotopic (exact) mass is 281 g/mol. The van der Waals surface area contributed by atoms with Crippen LogP contribution < -0.4 is 10.6 Å². The highest BCUT2D eigenvalue weighted by atomic mass is 16.1. The molecule has 1 aliphatic rings. The van der Waals surface area contributed by atoms with E-state index in [1.807, 2.05) is 23.6 Å². The van der Waals surface area contributed by atoms with E-state index < -0.39 is 6.04 Å². The van der Waals surface area contributed by atoms with Crippen molar-refractivity contribution in [2.24, 2.45) is 5.73 Å². The molecule has 1 saturated heterocycles. The van der Waals surface area contributed by atoms with Crippen molar-refractivity contribution >= 4 is 33.5 Å². The van der Waals surface area contributed by atoms with Crippen LogP contribution in [0.15, 0.2) is 24.7 Å². The molecule has 1 amide bonds. The first-order chi connectivity index (χ1) is 10.3. The Morgan fingerprint density at radius 3 is 3.19 bits per heavy atom. The van der Waals surface area contributed by atoms with Gasteiger partial charge in [-0.15, -0.1) is 5.10 Å². The third-order valence-electron chi connectivity index (χ3n) is 3.85. The summed E-state index contributed by atoms with van der Waals surface area (Å²) >= 11 is 0. The van der Waals surface area contributed by atoms with Gasteiger partial charge in [-0.25, -0.2) is 4.98 Å². The van der Waals surface area contributed by atoms with E-state index in [0.29, 0.717) is 12.4 Å². The van der Waals surface area contributed by atoms with Gasteiger partial charge in [0.2, 0.25) is 5.91 Å². The summed E-state index contributed by atoms with van der Waals surface area (Å²) in [7, 11) is 0. The molecule has 0 saturated carbocycles. The molecular formula is C14H13N6O. The summed E-state index contributed by atoms with van der Waals surface area (Å²) in [6, 6.07) is 1.52. The molecule has 4 rings (SSSR count). The first-order valence-corrected chi connectivity index (χ1v) is 6.72. The number of carbonyl (C=O) groups is 1. The van der Waals surface area contributed by atoms with Gasteiger partial charge in [-0.05, 0) is 18.9 Å². The second kappa shape index (κ2) is 4.41. The maximum Gasteiger partial charge on any atom is 0.240 e. The number of primary amides is 1. The van der Waals surface area contributed by atoms with E-state index in [-0.39, 0.29) is 5.91 Å². The molecule has 7 heteroatoms. The summed E-state index contributed by atoms with van der Waals surface area (Å²) in [6.45, 7) is 0.704. The fraction of sp³-hybridized carbons (Fsp3) is 0.214. The van der Waals surface area contributed by atoms with E-state index in [9.17, 15) is 4.79 Å². The quantitative estimate of drug-likeness (QED) is 0.722. The first-order valence-electron chi connectivity index (χ1n) is 6.72. The van der Waals surface area contributed by atoms with Crippen molar-refractivity contribution in [2.75, 3.05) is 11.4 Å². The van der Waals surface area contributed by atoms with Crippen LogP contribution in [0.1, 0.15) is 6.42 Å². The lowest BCUT2D eigenvalue weighted by Crippen LogP contribution is -2.41. The van der Waals surface area contributed by atoms with Crippen LogP contribution in [0.4, 0.5) is 5.82 Å². The van der Waals surface area contributed by atoms with E-state index in [1.54, 1.807) is 12.4 Å². The van der Waals surface area contributed by atoms with Crippen LogP contribution in [0, 0.1) is 6.42 Å². The molecule has 21 heavy (non-hydrogen) atoms. The van der Waals surface area contributed by atoms with E-state index in [2.05, 4.69) is 20.2 Å². The summed E-state index contributed by atoms with van der Waals surface area (Å²) < 4.78 is 0. The summed E-state index contributed by atoms with van der Waals surface area (Å²) in [5.74, 6) is 0.308. The highest BCUT2D eigenvalue weighted by Crippen LogP contribution is 2.33. The lowest BCUT2D eigenvalue weighted by Gasteiger charge is -2.23. The third kappa shape index (κ3) is 1.74. The number of pyridine rings is 1. The zero-order valence-electron chi connectivity index (χ0n) is 11.2. The first kappa shape index (κ1) is 12.1. The average Bonchev–Trinajstić information content (AvgIpc) is 3.15. The van der Waals surface area contributed by atoms with Gasteiger partial charge in [-0.1, -0.05) is 0 Å². The number of aromatic amines is 1. The number of amides is 1. The van der Waals surface area contributed by atoms with E-state index >= 15 is 0 Å². The van der Waals surface area contributed by atoms with Gasteiger partial charge in [0.25, 0.3) is 0 Å². The van der Waals surface area contributed by atoms with Crippen LogP contribution >= 0.6 is 0 Å². The molecule has 0 aromatic carbocycles. The smallest absolute Gasteiger partial charge is 0.240 e. The Labute approximate surface area is 120 Å². The van der Waals surface area contributed by atoms with E-state index in [0.717, 1.165) is 28.2 Å². The van der Waals surface area contributed by atoms with Crippen molar-refractivity contribution in [3.05, 3.63) is 31.1 Å². The number of aromatic nitrogens is 4. The molecule has 7 nitrogen and oxygen atoms in total. The van der Waals surface area contributed by atoms with Gasteiger partial charge in [0.1, 0.15) is 11.7 Å². The highest BCUT2D eigenvalue weighted by Gasteiger charge is 2.32. The number of nitrogens with one attached hydrogen (secondary N) is 1. The number of nitrogens with two attached hydrogens (primary N) is 1. The topological polar surface area (TPSA) is 101 Å². The largest absolute Gasteiger partial charge is 0.368 e. The van der Waals surface area contributed by atoms with Crippen LogP contribution in [-0.4, -0.2) is 38.7 Å². The number of fused-ring (bicyclic) bond motifs is 3. The summed E-state index contributed by atoms with van der Waals surface area (Å²) in [5.41, 5.74) is 6.27. The number of anilines is 1. The van der Waals surface area contributed by atoms with Crippen LogP contribution in [0.5, 0.6) is 0 Å². The van der Waals surface area contributed by atoms with Crippen molar-refractivity contribution in [2.45, 2.75) is 12.5 Å². The predicted octanol–water partition coefficient (Wildman–Crippen LogP) is 0.774. The lowest BCUT2D eigenvalue weighted by molar-refractivity contribution is -0.118. The Kier molecular flexibility index (Phi) is 2.53. The molecule has 1 atom stereocenters. The van der Waals surface area contributed by atoms with Crippen LogP contribution in [0.2, 0.25) is 0 Å². The Morgan fingerprint density at radius 2 is 2.33 bits per heavy atom. The van der Waals surface area contributed by atoms with Crippen LogP contribution in [0.3, 0.4) is 0 Å². The zero-order valence-corrected chi connectivity index (χ0v) is 11.2. The fourth-order valence-electron chi connectivity index (χ4n) is 2.91. The number of rotatable bonds is 2. The standard InChI is InChI=1S/C14H13N6O/c15-12(21)10-2-1-5-20(10)14-11-8(7-18-19-14)6-17-13-9(11)3-4-16-13/h2-4,6-7,10H,1,5H2,(H2,15,21)(H,16,17). The number of carbonyl (C=O) groups excluding carboxylic acids is 1. The molecule has 0 spiro atoms. The van der Waals surface area contributed by atoms with E-state index in [1.165, 1.54) is 0 Å². The minimum atomic E-state index is -0.438. The molecule has 1 radical (unpaired) electrons. The summed E-state index contributed by atoms with van der Waals surface area (Å²) in [4.78, 5) is 21.0. The Hall–Kier alpha value is -2.70. The molecule has 105 valence electrons. The molecule has 1 aliphatic heterocycles. The van der Waals surface area contributed by atoms with Gasteiger partial charge in [0, 0.05) is 35.1 Å². The Bertz CT molecular complexity index is 842. The molecule has 3 aromatic rings. The van der Waals surface area contributed by atoms with Crippen molar-refractivity contribution in [1.29, 1.82) is 0 Å². The highest BCUT2D eigenvalue weighted by molar-refractivity contribution is 6.10. The summed E-state index contributed by atoms with van der Waals surface area (Å²) in [6.07, 6.45) is 7.98. The molecule has 1 unspecified atom stereocenters. The SMILES string of the molecule is NC(=O)C1[CH]CCN1c1nncc2cnc3[nH]ccc3c12. The molecule has 1 fully saturated rings. The van der Waals surface area contributed by atoms with Gasteiger partial charge in [-0.3, -0.25) is 4.79 Å². The third-order valence-corrected chi connectivity index (χ3v) is 3.85. The normalized spacial score (nSPS) is 18.7. The minimum absolute atomic E-state index is 0.370. The second-order valence-electron chi connectivity index (χ2n) is 5.06. The number of H-pyrrole nitrogens is 1. The minimum Gasteiger partial charge on any atom is -0.368 e. The Balaban J connectivity index is 2.00. The molecular weight excluding hydrogens is 268 g/mol. The maximum atomic E-state index is 11.6. The molecule has 3 N–H and O–H groups in total. The zero-order chi connectivity index (χ0) is 14.4. The fourth-order valence-corrected chi connectivity index (χ4v) is 2.91. The molecule has 0 bridgehead atoms. The lowest BCUT2D eigenvalue weighted by atomic mass is 10.1. The Morgan fingerprint density at radius 1 is 1.43 bits per heavy atom. The molecule has 3 aromatic heterocycles. The van der Waals surface area contributed by atoms with E-state index in [4.69, 9.17) is 5.73 Å². The molecule has 4 heterocycles. The van der Waals surface area contributed by atoms with Gasteiger partial charge >= 0.3 is 0 Å². The molecule has 0 aliphatic carbocycles. The van der Waals surface area contributed by atoms with Crippen molar-refractivity contribution < 1.29 is 4.79 Å². The van der Waals surface area contributed by atoms with Crippen LogP contribution in [0.25, 0.3) is 21.8 Å². The van der Waals surface area contributed by atoms with Crippen molar-refractivity contribution in [3.8, 4) is 0 Å². The van der Waals surface area contributed by atoms with Gasteiger partial charge in [0.15, 0.2) is 5.82 Å². The number of hydrogen-bond donors (Lipinski definition) is 2. The van der Waals surface area contributed by atoms with Gasteiger partial charge in [0.05, 0.1) is 6.20 Å². The van der Waals surface area contributed by atoms with Gasteiger partial charge < -0.3 is 15.6 Å². The van der Waals surface area contributed by atoms with Crippen molar-refractivity contribution in [3.63, 3.8) is 0 Å². The number of hydrogen-bond acceptors (Lipinski definition) is 5. The summed E-state index contributed by atoms with van der Waals surface area (Å²) in [5, 5.41) is 11.1. The average molecular weight is 281 g/mol. The second-order valence-corrected chi connectivity index (χ2v) is 5.06. The van der Waals surface area contributed by atoms with Crippen LogP contribution in [-0.2, 0) is 4.79 Å². The number of nitrogens with zero attached hydrogens (tertiary/aromatic N) is 4. The van der Waals surface area contributed by atoms with Gasteiger partial charge in [-0.2, -0.15) is 5.10 Å². The van der Waals surface area contributed by atoms with Crippen molar-refractivity contribution in [1.82, 2.24) is 20.2 Å². The predicted molar refractivity (Wildman–Crippen MR) is 78.4 cm³/mol.